The lowest BCUT2D eigenvalue weighted by Crippen LogP contribution is -2.26. The molecule has 0 saturated heterocycles. The maximum Gasteiger partial charge on any atom is 0.275 e. The van der Waals surface area contributed by atoms with Crippen LogP contribution in [-0.2, 0) is 19.4 Å². The lowest BCUT2D eigenvalue weighted by molar-refractivity contribution is 0.598. The van der Waals surface area contributed by atoms with Gasteiger partial charge in [0.15, 0.2) is 0 Å². The third-order valence-corrected chi connectivity index (χ3v) is 4.25. The summed E-state index contributed by atoms with van der Waals surface area (Å²) in [6.45, 7) is 4.32. The Balaban J connectivity index is 1.97. The average molecular weight is 349 g/mol. The van der Waals surface area contributed by atoms with E-state index in [-0.39, 0.29) is 28.8 Å². The number of nitrogen functional groups attached to an aromatic ring is 1. The van der Waals surface area contributed by atoms with E-state index < -0.39 is 0 Å². The van der Waals surface area contributed by atoms with Crippen LogP contribution in [0, 0.1) is 11.7 Å². The molecule has 1 aliphatic rings. The zero-order valence-electron chi connectivity index (χ0n) is 13.5. The molecule has 0 fully saturated rings. The summed E-state index contributed by atoms with van der Waals surface area (Å²) >= 11 is 6.09. The fraction of sp³-hybridized carbons (Fsp3) is 0.353. The molecular weight excluding hydrogens is 331 g/mol. The molecule has 0 saturated carbocycles. The number of nitrogens with zero attached hydrogens (tertiary/aromatic N) is 3. The first-order valence-corrected chi connectivity index (χ1v) is 8.12. The molecule has 1 aliphatic heterocycles. The monoisotopic (exact) mass is 348 g/mol. The Bertz CT molecular complexity index is 889. The van der Waals surface area contributed by atoms with E-state index in [4.69, 9.17) is 17.3 Å². The Hall–Kier alpha value is -2.21. The molecule has 2 N–H and O–H groups in total. The number of fused-ring (bicyclic) bond motifs is 1. The topological polar surface area (TPSA) is 73.3 Å². The van der Waals surface area contributed by atoms with Crippen molar-refractivity contribution in [2.24, 2.45) is 10.9 Å². The van der Waals surface area contributed by atoms with Gasteiger partial charge in [-0.3, -0.25) is 19.3 Å². The number of hydrogen-bond donors (Lipinski definition) is 1. The van der Waals surface area contributed by atoms with Gasteiger partial charge in [-0.15, -0.1) is 0 Å². The van der Waals surface area contributed by atoms with Crippen LogP contribution in [0.2, 0.25) is 5.15 Å². The molecule has 0 aromatic carbocycles. The van der Waals surface area contributed by atoms with Gasteiger partial charge < -0.3 is 5.73 Å². The van der Waals surface area contributed by atoms with Crippen molar-refractivity contribution in [3.63, 3.8) is 0 Å². The van der Waals surface area contributed by atoms with Gasteiger partial charge >= 0.3 is 0 Å². The second-order valence-corrected chi connectivity index (χ2v) is 6.72. The first kappa shape index (κ1) is 16.6. The SMILES string of the molecule is CC(C)Cc1ncc(F)c2c1N=C(Cn1c(Cl)ccc(N)c1=O)C2. The van der Waals surface area contributed by atoms with Crippen LogP contribution in [0.5, 0.6) is 0 Å². The van der Waals surface area contributed by atoms with Gasteiger partial charge in [0.2, 0.25) is 0 Å². The van der Waals surface area contributed by atoms with Gasteiger partial charge in [0.1, 0.15) is 11.0 Å². The summed E-state index contributed by atoms with van der Waals surface area (Å²) in [5.41, 5.74) is 7.96. The van der Waals surface area contributed by atoms with E-state index in [9.17, 15) is 9.18 Å². The summed E-state index contributed by atoms with van der Waals surface area (Å²) in [5.74, 6) is 0.0135. The van der Waals surface area contributed by atoms with Gasteiger partial charge in [0.05, 0.1) is 29.8 Å². The Kier molecular flexibility index (Phi) is 4.41. The number of halogens is 2. The van der Waals surface area contributed by atoms with E-state index in [0.717, 1.165) is 12.1 Å². The molecule has 0 atom stereocenters. The number of aliphatic imine (C=N–C) groups is 1. The summed E-state index contributed by atoms with van der Waals surface area (Å²) in [7, 11) is 0. The van der Waals surface area contributed by atoms with Crippen molar-refractivity contribution < 1.29 is 4.39 Å². The number of pyridine rings is 2. The minimum atomic E-state index is -0.373. The van der Waals surface area contributed by atoms with E-state index in [1.807, 2.05) is 0 Å². The predicted octanol–water partition coefficient (Wildman–Crippen LogP) is 3.15. The highest BCUT2D eigenvalue weighted by Gasteiger charge is 2.23. The van der Waals surface area contributed by atoms with Crippen molar-refractivity contribution in [3.05, 3.63) is 50.9 Å². The van der Waals surface area contributed by atoms with Crippen molar-refractivity contribution in [3.8, 4) is 0 Å². The van der Waals surface area contributed by atoms with Crippen molar-refractivity contribution in [1.82, 2.24) is 9.55 Å². The first-order valence-electron chi connectivity index (χ1n) is 7.74. The largest absolute Gasteiger partial charge is 0.394 e. The highest BCUT2D eigenvalue weighted by molar-refractivity contribution is 6.29. The van der Waals surface area contributed by atoms with Gasteiger partial charge in [0, 0.05) is 17.7 Å². The van der Waals surface area contributed by atoms with Crippen LogP contribution in [0.3, 0.4) is 0 Å². The maximum atomic E-state index is 14.1. The van der Waals surface area contributed by atoms with Crippen LogP contribution in [0.15, 0.2) is 28.1 Å². The Morgan fingerprint density at radius 1 is 1.42 bits per heavy atom. The van der Waals surface area contributed by atoms with Gasteiger partial charge in [-0.1, -0.05) is 25.4 Å². The zero-order valence-corrected chi connectivity index (χ0v) is 14.3. The van der Waals surface area contributed by atoms with Gasteiger partial charge in [-0.05, 0) is 24.5 Å². The van der Waals surface area contributed by atoms with Crippen LogP contribution >= 0.6 is 11.6 Å². The van der Waals surface area contributed by atoms with Gasteiger partial charge in [-0.2, -0.15) is 0 Å². The smallest absolute Gasteiger partial charge is 0.275 e. The molecule has 3 heterocycles. The molecule has 0 radical (unpaired) electrons. The average Bonchev–Trinajstić information content (AvgIpc) is 2.95. The van der Waals surface area contributed by atoms with Crippen molar-refractivity contribution in [2.45, 2.75) is 33.2 Å². The van der Waals surface area contributed by atoms with Crippen LogP contribution < -0.4 is 11.3 Å². The van der Waals surface area contributed by atoms with E-state index >= 15 is 0 Å². The number of nitrogens with two attached hydrogens (primary N) is 1. The third kappa shape index (κ3) is 3.06. The van der Waals surface area contributed by atoms with Crippen LogP contribution in [0.25, 0.3) is 0 Å². The lowest BCUT2D eigenvalue weighted by Gasteiger charge is -2.08. The molecule has 2 aromatic rings. The van der Waals surface area contributed by atoms with Crippen molar-refractivity contribution >= 4 is 28.7 Å². The Morgan fingerprint density at radius 2 is 2.17 bits per heavy atom. The molecular formula is C17H18ClFN4O. The molecule has 2 aromatic heterocycles. The third-order valence-electron chi connectivity index (χ3n) is 3.92. The van der Waals surface area contributed by atoms with Crippen molar-refractivity contribution in [2.75, 3.05) is 5.73 Å². The summed E-state index contributed by atoms with van der Waals surface area (Å²) in [5, 5.41) is 0.272. The Morgan fingerprint density at radius 3 is 2.88 bits per heavy atom. The molecule has 0 amide bonds. The normalized spacial score (nSPS) is 13.3. The highest BCUT2D eigenvalue weighted by Crippen LogP contribution is 2.33. The summed E-state index contributed by atoms with van der Waals surface area (Å²) < 4.78 is 15.4. The molecule has 126 valence electrons. The van der Waals surface area contributed by atoms with E-state index in [1.165, 1.54) is 16.8 Å². The molecule has 0 unspecified atom stereocenters. The molecule has 0 bridgehead atoms. The quantitative estimate of drug-likeness (QED) is 0.862. The molecule has 7 heteroatoms. The minimum Gasteiger partial charge on any atom is -0.394 e. The molecule has 0 spiro atoms. The standard InChI is InChI=1S/C17H18ClFN4O/c1-9(2)5-14-16-11(12(19)7-21-14)6-10(22-16)8-23-15(18)4-3-13(20)17(23)24/h3-4,7,9H,5-6,8,20H2,1-2H3. The Labute approximate surface area is 144 Å². The lowest BCUT2D eigenvalue weighted by atomic mass is 10.0. The van der Waals surface area contributed by atoms with Crippen molar-refractivity contribution in [1.29, 1.82) is 0 Å². The summed E-state index contributed by atoms with van der Waals surface area (Å²) in [6.07, 6.45) is 2.30. The van der Waals surface area contributed by atoms with Crippen LogP contribution in [0.1, 0.15) is 25.1 Å². The number of anilines is 1. The second kappa shape index (κ2) is 6.36. The van der Waals surface area contributed by atoms with Gasteiger partial charge in [0.25, 0.3) is 5.56 Å². The second-order valence-electron chi connectivity index (χ2n) is 6.34. The molecule has 0 aliphatic carbocycles. The zero-order chi connectivity index (χ0) is 17.4. The fourth-order valence-corrected chi connectivity index (χ4v) is 2.99. The molecule has 5 nitrogen and oxygen atoms in total. The van der Waals surface area contributed by atoms with Crippen LogP contribution in [0.4, 0.5) is 15.8 Å². The predicted molar refractivity (Wildman–Crippen MR) is 93.7 cm³/mol. The number of rotatable bonds is 4. The summed E-state index contributed by atoms with van der Waals surface area (Å²) in [6, 6.07) is 3.03. The highest BCUT2D eigenvalue weighted by atomic mass is 35.5. The number of hydrogen-bond acceptors (Lipinski definition) is 4. The van der Waals surface area contributed by atoms with E-state index in [0.29, 0.717) is 29.3 Å². The minimum absolute atomic E-state index is 0.115. The fourth-order valence-electron chi connectivity index (χ4n) is 2.79. The molecule has 24 heavy (non-hydrogen) atoms. The summed E-state index contributed by atoms with van der Waals surface area (Å²) in [4.78, 5) is 20.9. The van der Waals surface area contributed by atoms with E-state index in [2.05, 4.69) is 23.8 Å². The van der Waals surface area contributed by atoms with Gasteiger partial charge in [-0.25, -0.2) is 4.39 Å². The van der Waals surface area contributed by atoms with Crippen LogP contribution in [-0.4, -0.2) is 15.3 Å². The maximum absolute atomic E-state index is 14.1. The number of aromatic nitrogens is 2. The first-order chi connectivity index (χ1) is 11.4. The van der Waals surface area contributed by atoms with E-state index in [1.54, 1.807) is 6.07 Å². The molecule has 3 rings (SSSR count).